The first-order chi connectivity index (χ1) is 18.5. The Morgan fingerprint density at radius 1 is 0.684 bits per heavy atom. The number of carbonyl (C=O) groups excluding carboxylic acids is 1. The molecule has 0 bridgehead atoms. The summed E-state index contributed by atoms with van der Waals surface area (Å²) in [4.78, 5) is 17.9. The van der Waals surface area contributed by atoms with E-state index in [0.717, 1.165) is 37.3 Å². The van der Waals surface area contributed by atoms with Crippen molar-refractivity contribution in [2.75, 3.05) is 39.3 Å². The fraction of sp³-hybridized carbons (Fsp3) is 0.367. The zero-order valence-electron chi connectivity index (χ0n) is 21.8. The van der Waals surface area contributed by atoms with Gasteiger partial charge >= 0.3 is 0 Å². The van der Waals surface area contributed by atoms with E-state index < -0.39 is 10.0 Å². The Kier molecular flexibility index (Phi) is 8.54. The number of sulfonamides is 1. The van der Waals surface area contributed by atoms with Gasteiger partial charge in [-0.15, -0.1) is 0 Å². The van der Waals surface area contributed by atoms with E-state index in [9.17, 15) is 13.2 Å². The summed E-state index contributed by atoms with van der Waals surface area (Å²) in [5.41, 5.74) is 4.20. The molecule has 2 saturated heterocycles. The van der Waals surface area contributed by atoms with Crippen LogP contribution in [-0.4, -0.2) is 67.7 Å². The number of benzene rings is 3. The summed E-state index contributed by atoms with van der Waals surface area (Å²) in [6, 6.07) is 24.7. The Morgan fingerprint density at radius 2 is 1.29 bits per heavy atom. The number of nitrogens with zero attached hydrogens (tertiary/aromatic N) is 3. The van der Waals surface area contributed by atoms with Gasteiger partial charge in [0.05, 0.1) is 4.90 Å². The lowest BCUT2D eigenvalue weighted by Crippen LogP contribution is -2.48. The van der Waals surface area contributed by atoms with Gasteiger partial charge in [0, 0.05) is 51.4 Å². The third kappa shape index (κ3) is 6.50. The summed E-state index contributed by atoms with van der Waals surface area (Å²) in [7, 11) is -3.45. The normalized spacial score (nSPS) is 17.5. The van der Waals surface area contributed by atoms with Crippen LogP contribution < -0.4 is 5.32 Å². The Morgan fingerprint density at radius 3 is 1.97 bits per heavy atom. The third-order valence-electron chi connectivity index (χ3n) is 7.48. The predicted octanol–water partition coefficient (Wildman–Crippen LogP) is 3.72. The SMILES string of the molecule is O=C(NCc1ccccc1CN1CCCC1)c1ccc(CN2CCN(S(=O)(=O)c3ccccc3)CC2)cc1. The van der Waals surface area contributed by atoms with Gasteiger partial charge in [-0.05, 0) is 66.9 Å². The minimum absolute atomic E-state index is 0.0766. The summed E-state index contributed by atoms with van der Waals surface area (Å²) >= 11 is 0. The molecule has 0 saturated carbocycles. The van der Waals surface area contributed by atoms with E-state index in [4.69, 9.17) is 0 Å². The second-order valence-electron chi connectivity index (χ2n) is 10.1. The molecule has 8 heteroatoms. The number of nitrogens with one attached hydrogen (secondary N) is 1. The molecule has 1 amide bonds. The summed E-state index contributed by atoms with van der Waals surface area (Å²) in [5, 5.41) is 3.08. The highest BCUT2D eigenvalue weighted by molar-refractivity contribution is 7.89. The number of amides is 1. The van der Waals surface area contributed by atoms with E-state index in [0.29, 0.717) is 43.2 Å². The molecule has 2 aliphatic heterocycles. The molecule has 3 aromatic rings. The highest BCUT2D eigenvalue weighted by atomic mass is 32.2. The largest absolute Gasteiger partial charge is 0.348 e. The first kappa shape index (κ1) is 26.6. The zero-order chi connectivity index (χ0) is 26.4. The minimum Gasteiger partial charge on any atom is -0.348 e. The van der Waals surface area contributed by atoms with Gasteiger partial charge in [-0.25, -0.2) is 8.42 Å². The summed E-state index contributed by atoms with van der Waals surface area (Å²) in [5.74, 6) is -0.0766. The quantitative estimate of drug-likeness (QED) is 0.455. The van der Waals surface area contributed by atoms with Crippen LogP contribution in [0.15, 0.2) is 83.8 Å². The molecule has 0 aliphatic carbocycles. The van der Waals surface area contributed by atoms with Crippen LogP contribution in [0, 0.1) is 0 Å². The maximum atomic E-state index is 12.9. The zero-order valence-corrected chi connectivity index (χ0v) is 22.6. The van der Waals surface area contributed by atoms with E-state index in [-0.39, 0.29) is 5.91 Å². The smallest absolute Gasteiger partial charge is 0.251 e. The van der Waals surface area contributed by atoms with Crippen LogP contribution in [0.4, 0.5) is 0 Å². The maximum absolute atomic E-state index is 12.9. The molecule has 7 nitrogen and oxygen atoms in total. The van der Waals surface area contributed by atoms with Gasteiger partial charge in [-0.2, -0.15) is 4.31 Å². The average molecular weight is 533 g/mol. The van der Waals surface area contributed by atoms with Crippen molar-refractivity contribution in [2.45, 2.75) is 37.4 Å². The molecule has 0 radical (unpaired) electrons. The highest BCUT2D eigenvalue weighted by Gasteiger charge is 2.28. The third-order valence-corrected chi connectivity index (χ3v) is 9.40. The standard InChI is InChI=1S/C30H36N4O3S/c35-30(31-22-27-8-4-5-9-28(27)24-32-16-6-7-17-32)26-14-12-25(13-15-26)23-33-18-20-34(21-19-33)38(36,37)29-10-2-1-3-11-29/h1-5,8-15H,6-7,16-24H2,(H,31,35). The van der Waals surface area contributed by atoms with Crippen molar-refractivity contribution in [3.05, 3.63) is 101 Å². The Balaban J connectivity index is 1.11. The van der Waals surface area contributed by atoms with Crippen LogP contribution in [0.2, 0.25) is 0 Å². The molecule has 2 heterocycles. The minimum atomic E-state index is -3.45. The van der Waals surface area contributed by atoms with E-state index >= 15 is 0 Å². The summed E-state index contributed by atoms with van der Waals surface area (Å²) < 4.78 is 27.3. The lowest BCUT2D eigenvalue weighted by atomic mass is 10.1. The second-order valence-corrected chi connectivity index (χ2v) is 12.1. The van der Waals surface area contributed by atoms with Crippen LogP contribution >= 0.6 is 0 Å². The monoisotopic (exact) mass is 532 g/mol. The van der Waals surface area contributed by atoms with Gasteiger partial charge in [0.25, 0.3) is 5.91 Å². The lowest BCUT2D eigenvalue weighted by Gasteiger charge is -2.34. The summed E-state index contributed by atoms with van der Waals surface area (Å²) in [6.07, 6.45) is 2.53. The molecule has 1 N–H and O–H groups in total. The first-order valence-corrected chi connectivity index (χ1v) is 14.9. The summed E-state index contributed by atoms with van der Waals surface area (Å²) in [6.45, 7) is 6.76. The fourth-order valence-electron chi connectivity index (χ4n) is 5.23. The molecule has 0 unspecified atom stereocenters. The van der Waals surface area contributed by atoms with Gasteiger partial charge < -0.3 is 5.32 Å². The van der Waals surface area contributed by atoms with E-state index in [1.54, 1.807) is 28.6 Å². The van der Waals surface area contributed by atoms with Crippen LogP contribution in [-0.2, 0) is 29.7 Å². The van der Waals surface area contributed by atoms with Gasteiger partial charge in [0.2, 0.25) is 10.0 Å². The second kappa shape index (κ2) is 12.2. The van der Waals surface area contributed by atoms with Crippen molar-refractivity contribution in [2.24, 2.45) is 0 Å². The Hall–Kier alpha value is -3.04. The maximum Gasteiger partial charge on any atom is 0.251 e. The van der Waals surface area contributed by atoms with Crippen molar-refractivity contribution < 1.29 is 13.2 Å². The van der Waals surface area contributed by atoms with E-state index in [1.165, 1.54) is 18.4 Å². The molecule has 200 valence electrons. The number of carbonyl (C=O) groups is 1. The van der Waals surface area contributed by atoms with Crippen LogP contribution in [0.3, 0.4) is 0 Å². The molecule has 2 aliphatic rings. The number of piperazine rings is 1. The number of hydrogen-bond donors (Lipinski definition) is 1. The molecule has 3 aromatic carbocycles. The number of likely N-dealkylation sites (tertiary alicyclic amines) is 1. The van der Waals surface area contributed by atoms with Crippen LogP contribution in [0.25, 0.3) is 0 Å². The van der Waals surface area contributed by atoms with Crippen LogP contribution in [0.5, 0.6) is 0 Å². The van der Waals surface area contributed by atoms with Crippen molar-refractivity contribution in [1.29, 1.82) is 0 Å². The van der Waals surface area contributed by atoms with Crippen molar-refractivity contribution >= 4 is 15.9 Å². The van der Waals surface area contributed by atoms with Crippen LogP contribution in [0.1, 0.15) is 39.9 Å². The van der Waals surface area contributed by atoms with Gasteiger partial charge in [0.15, 0.2) is 0 Å². The lowest BCUT2D eigenvalue weighted by molar-refractivity contribution is 0.0950. The molecule has 2 fully saturated rings. The molecule has 38 heavy (non-hydrogen) atoms. The first-order valence-electron chi connectivity index (χ1n) is 13.4. The Bertz CT molecular complexity index is 1320. The number of hydrogen-bond acceptors (Lipinski definition) is 5. The molecular formula is C30H36N4O3S. The Labute approximate surface area is 226 Å². The van der Waals surface area contributed by atoms with Gasteiger partial charge in [-0.3, -0.25) is 14.6 Å². The van der Waals surface area contributed by atoms with E-state index in [2.05, 4.69) is 33.3 Å². The topological polar surface area (TPSA) is 73.0 Å². The fourth-order valence-corrected chi connectivity index (χ4v) is 6.68. The van der Waals surface area contributed by atoms with Gasteiger partial charge in [-0.1, -0.05) is 54.6 Å². The average Bonchev–Trinajstić information content (AvgIpc) is 3.47. The molecule has 0 aromatic heterocycles. The van der Waals surface area contributed by atoms with E-state index in [1.807, 2.05) is 36.4 Å². The number of rotatable bonds is 9. The van der Waals surface area contributed by atoms with Crippen molar-refractivity contribution in [1.82, 2.24) is 19.4 Å². The van der Waals surface area contributed by atoms with Crippen molar-refractivity contribution in [3.8, 4) is 0 Å². The molecule has 0 spiro atoms. The molecular weight excluding hydrogens is 496 g/mol. The highest BCUT2D eigenvalue weighted by Crippen LogP contribution is 2.19. The van der Waals surface area contributed by atoms with Crippen molar-refractivity contribution in [3.63, 3.8) is 0 Å². The molecule has 0 atom stereocenters. The van der Waals surface area contributed by atoms with Gasteiger partial charge in [0.1, 0.15) is 0 Å². The molecule has 5 rings (SSSR count). The predicted molar refractivity (Wildman–Crippen MR) is 149 cm³/mol.